The molecule has 4 aromatic rings. The van der Waals surface area contributed by atoms with E-state index >= 15 is 0 Å². The number of pyridine rings is 2. The van der Waals surface area contributed by atoms with Crippen LogP contribution in [0.15, 0.2) is 55.1 Å². The fourth-order valence-corrected chi connectivity index (χ4v) is 5.96. The standard InChI is InChI=1S/C26H28N6O/c1-3-31-20-4-5-21(31)15-19(14-20)22-9-13-29-26-24(18-8-12-28-23(16-18)33-2)25(30-32(22)26)17-6-10-27-11-7-17/h6-13,16,19-21H,3-5,14-15H2,1-2H3. The third-order valence-electron chi connectivity index (χ3n) is 7.40. The quantitative estimate of drug-likeness (QED) is 0.452. The van der Waals surface area contributed by atoms with Gasteiger partial charge in [0.1, 0.15) is 5.69 Å². The Labute approximate surface area is 193 Å². The number of piperidine rings is 1. The smallest absolute Gasteiger partial charge is 0.213 e. The van der Waals surface area contributed by atoms with Crippen molar-refractivity contribution in [2.45, 2.75) is 50.6 Å². The second-order valence-electron chi connectivity index (χ2n) is 9.04. The largest absolute Gasteiger partial charge is 0.481 e. The average molecular weight is 441 g/mol. The van der Waals surface area contributed by atoms with Crippen molar-refractivity contribution in [3.8, 4) is 28.3 Å². The Bertz CT molecular complexity index is 1270. The van der Waals surface area contributed by atoms with Crippen LogP contribution < -0.4 is 4.74 Å². The Morgan fingerprint density at radius 1 is 0.939 bits per heavy atom. The second kappa shape index (κ2) is 8.23. The number of nitrogens with zero attached hydrogens (tertiary/aromatic N) is 6. The van der Waals surface area contributed by atoms with Gasteiger partial charge in [-0.2, -0.15) is 5.10 Å². The first-order valence-electron chi connectivity index (χ1n) is 11.8. The summed E-state index contributed by atoms with van der Waals surface area (Å²) in [5.74, 6) is 1.06. The molecule has 0 aliphatic carbocycles. The molecule has 2 unspecified atom stereocenters. The molecule has 0 amide bonds. The van der Waals surface area contributed by atoms with Crippen LogP contribution in [-0.2, 0) is 0 Å². The lowest BCUT2D eigenvalue weighted by atomic mass is 9.88. The molecule has 2 aliphatic rings. The Kier molecular flexibility index (Phi) is 5.06. The van der Waals surface area contributed by atoms with Gasteiger partial charge in [0.2, 0.25) is 5.88 Å². The van der Waals surface area contributed by atoms with Crippen LogP contribution in [0.4, 0.5) is 0 Å². The zero-order valence-corrected chi connectivity index (χ0v) is 19.1. The van der Waals surface area contributed by atoms with Crippen molar-refractivity contribution in [1.29, 1.82) is 0 Å². The molecule has 7 heteroatoms. The molecule has 0 spiro atoms. The summed E-state index contributed by atoms with van der Waals surface area (Å²) in [6.45, 7) is 3.44. The van der Waals surface area contributed by atoms with Gasteiger partial charge in [-0.1, -0.05) is 6.92 Å². The molecular weight excluding hydrogens is 412 g/mol. The van der Waals surface area contributed by atoms with Gasteiger partial charge in [-0.15, -0.1) is 0 Å². The normalized spacial score (nSPS) is 22.7. The lowest BCUT2D eigenvalue weighted by molar-refractivity contribution is 0.132. The van der Waals surface area contributed by atoms with E-state index in [1.165, 1.54) is 31.4 Å². The van der Waals surface area contributed by atoms with Crippen LogP contribution in [0.1, 0.15) is 44.2 Å². The Morgan fingerprint density at radius 3 is 2.39 bits per heavy atom. The average Bonchev–Trinajstić information content (AvgIpc) is 3.38. The molecule has 7 nitrogen and oxygen atoms in total. The van der Waals surface area contributed by atoms with E-state index in [0.29, 0.717) is 23.9 Å². The first-order valence-corrected chi connectivity index (χ1v) is 11.8. The molecule has 6 heterocycles. The molecule has 33 heavy (non-hydrogen) atoms. The lowest BCUT2D eigenvalue weighted by Gasteiger charge is -2.38. The fraction of sp³-hybridized carbons (Fsp3) is 0.385. The van der Waals surface area contributed by atoms with Gasteiger partial charge in [0, 0.05) is 60.1 Å². The van der Waals surface area contributed by atoms with E-state index in [0.717, 1.165) is 34.6 Å². The molecule has 0 aromatic carbocycles. The third kappa shape index (κ3) is 3.38. The molecule has 0 saturated carbocycles. The number of hydrogen-bond donors (Lipinski definition) is 0. The first-order chi connectivity index (χ1) is 16.3. The van der Waals surface area contributed by atoms with E-state index in [9.17, 15) is 0 Å². The van der Waals surface area contributed by atoms with E-state index in [-0.39, 0.29) is 0 Å². The second-order valence-corrected chi connectivity index (χ2v) is 9.04. The maximum Gasteiger partial charge on any atom is 0.213 e. The van der Waals surface area contributed by atoms with Gasteiger partial charge >= 0.3 is 0 Å². The summed E-state index contributed by atoms with van der Waals surface area (Å²) in [4.78, 5) is 16.0. The van der Waals surface area contributed by atoms with Crippen molar-refractivity contribution in [3.63, 3.8) is 0 Å². The predicted octanol–water partition coefficient (Wildman–Crippen LogP) is 4.59. The maximum atomic E-state index is 5.41. The number of fused-ring (bicyclic) bond motifs is 3. The third-order valence-corrected chi connectivity index (χ3v) is 7.40. The van der Waals surface area contributed by atoms with Gasteiger partial charge in [0.05, 0.1) is 12.7 Å². The van der Waals surface area contributed by atoms with Crippen molar-refractivity contribution >= 4 is 5.65 Å². The minimum atomic E-state index is 0.487. The maximum absolute atomic E-state index is 5.41. The summed E-state index contributed by atoms with van der Waals surface area (Å²) >= 11 is 0. The monoisotopic (exact) mass is 440 g/mol. The number of ether oxygens (including phenoxy) is 1. The highest BCUT2D eigenvalue weighted by molar-refractivity contribution is 5.90. The molecule has 4 aromatic heterocycles. The molecule has 0 radical (unpaired) electrons. The van der Waals surface area contributed by atoms with Gasteiger partial charge in [-0.3, -0.25) is 9.88 Å². The van der Waals surface area contributed by atoms with E-state index < -0.39 is 0 Å². The van der Waals surface area contributed by atoms with Crippen molar-refractivity contribution < 1.29 is 4.74 Å². The molecule has 2 fully saturated rings. The highest BCUT2D eigenvalue weighted by Crippen LogP contribution is 2.44. The number of hydrogen-bond acceptors (Lipinski definition) is 6. The summed E-state index contributed by atoms with van der Waals surface area (Å²) in [6, 6.07) is 11.5. The van der Waals surface area contributed by atoms with Gasteiger partial charge < -0.3 is 4.74 Å². The fourth-order valence-electron chi connectivity index (χ4n) is 5.96. The Morgan fingerprint density at radius 2 is 1.67 bits per heavy atom. The number of rotatable bonds is 5. The minimum absolute atomic E-state index is 0.487. The summed E-state index contributed by atoms with van der Waals surface area (Å²) < 4.78 is 7.49. The summed E-state index contributed by atoms with van der Waals surface area (Å²) in [5, 5.41) is 5.15. The SMILES string of the molecule is CCN1C2CCC1CC(c1ccnc3c(-c4ccnc(OC)c4)c(-c4ccncc4)nn13)C2. The highest BCUT2D eigenvalue weighted by atomic mass is 16.5. The van der Waals surface area contributed by atoms with Crippen LogP contribution in [0.2, 0.25) is 0 Å². The van der Waals surface area contributed by atoms with Crippen LogP contribution in [-0.4, -0.2) is 55.2 Å². The van der Waals surface area contributed by atoms with Gasteiger partial charge in [0.15, 0.2) is 5.65 Å². The highest BCUT2D eigenvalue weighted by Gasteiger charge is 2.41. The van der Waals surface area contributed by atoms with E-state index in [1.54, 1.807) is 13.3 Å². The molecule has 2 aliphatic heterocycles. The van der Waals surface area contributed by atoms with Crippen LogP contribution in [0.3, 0.4) is 0 Å². The molecule has 0 N–H and O–H groups in total. The van der Waals surface area contributed by atoms with Gasteiger partial charge in [0.25, 0.3) is 0 Å². The van der Waals surface area contributed by atoms with Crippen LogP contribution in [0, 0.1) is 0 Å². The van der Waals surface area contributed by atoms with Gasteiger partial charge in [-0.25, -0.2) is 14.5 Å². The molecule has 168 valence electrons. The zero-order chi connectivity index (χ0) is 22.4. The molecule has 2 bridgehead atoms. The molecule has 2 saturated heterocycles. The summed E-state index contributed by atoms with van der Waals surface area (Å²) in [5.41, 5.74) is 6.05. The van der Waals surface area contributed by atoms with Crippen LogP contribution in [0.5, 0.6) is 5.88 Å². The Balaban J connectivity index is 1.53. The number of methoxy groups -OCH3 is 1. The zero-order valence-electron chi connectivity index (χ0n) is 19.1. The molecule has 6 rings (SSSR count). The molecular formula is C26H28N6O. The van der Waals surface area contributed by atoms with Gasteiger partial charge in [-0.05, 0) is 62.1 Å². The first kappa shape index (κ1) is 20.3. The van der Waals surface area contributed by atoms with Crippen molar-refractivity contribution in [2.24, 2.45) is 0 Å². The van der Waals surface area contributed by atoms with E-state index in [2.05, 4.69) is 32.4 Å². The van der Waals surface area contributed by atoms with Crippen molar-refractivity contribution in [2.75, 3.05) is 13.7 Å². The van der Waals surface area contributed by atoms with Crippen LogP contribution >= 0.6 is 0 Å². The van der Waals surface area contributed by atoms with E-state index in [4.69, 9.17) is 14.8 Å². The van der Waals surface area contributed by atoms with Crippen molar-refractivity contribution in [3.05, 3.63) is 60.8 Å². The summed E-state index contributed by atoms with van der Waals surface area (Å²) in [7, 11) is 1.64. The summed E-state index contributed by atoms with van der Waals surface area (Å²) in [6.07, 6.45) is 12.3. The predicted molar refractivity (Wildman–Crippen MR) is 127 cm³/mol. The van der Waals surface area contributed by atoms with Crippen LogP contribution in [0.25, 0.3) is 28.0 Å². The Hall–Kier alpha value is -3.32. The van der Waals surface area contributed by atoms with E-state index in [1.807, 2.05) is 42.9 Å². The number of aromatic nitrogens is 5. The van der Waals surface area contributed by atoms with Crippen molar-refractivity contribution in [1.82, 2.24) is 29.5 Å². The topological polar surface area (TPSA) is 68.4 Å². The molecule has 2 atom stereocenters. The minimum Gasteiger partial charge on any atom is -0.481 e. The lowest BCUT2D eigenvalue weighted by Crippen LogP contribution is -2.42.